The van der Waals surface area contributed by atoms with Gasteiger partial charge in [0, 0.05) is 24.1 Å². The number of aromatic nitrogens is 1. The average Bonchev–Trinajstić information content (AvgIpc) is 2.87. The highest BCUT2D eigenvalue weighted by Crippen LogP contribution is 2.39. The molecule has 2 heterocycles. The maximum atomic E-state index is 4.73. The molecule has 1 saturated heterocycles. The van der Waals surface area contributed by atoms with Gasteiger partial charge in [-0.05, 0) is 49.7 Å². The number of alkyl halides is 1. The highest BCUT2D eigenvalue weighted by Gasteiger charge is 2.35. The smallest absolute Gasteiger partial charge is 0.131 e. The molecular weight excluding hydrogens is 288 g/mol. The summed E-state index contributed by atoms with van der Waals surface area (Å²) in [5.74, 6) is 2.16. The minimum absolute atomic E-state index is 0.764. The fourth-order valence-electron chi connectivity index (χ4n) is 3.72. The molecule has 1 aliphatic carbocycles. The molecule has 0 amide bonds. The normalized spacial score (nSPS) is 27.3. The van der Waals surface area contributed by atoms with Gasteiger partial charge in [0.2, 0.25) is 0 Å². The van der Waals surface area contributed by atoms with E-state index in [4.69, 9.17) is 4.98 Å². The van der Waals surface area contributed by atoms with Crippen molar-refractivity contribution >= 4 is 21.7 Å². The fourth-order valence-corrected chi connectivity index (χ4v) is 4.02. The Kier molecular flexibility index (Phi) is 3.60. The van der Waals surface area contributed by atoms with Gasteiger partial charge in [0.25, 0.3) is 0 Å². The topological polar surface area (TPSA) is 16.1 Å². The SMILES string of the molecule is Cc1cc(CBr)cnc1N1CCCC2CCCC21. The van der Waals surface area contributed by atoms with Crippen LogP contribution >= 0.6 is 15.9 Å². The second-order valence-electron chi connectivity index (χ2n) is 5.71. The summed E-state index contributed by atoms with van der Waals surface area (Å²) in [5, 5.41) is 0.896. The molecule has 18 heavy (non-hydrogen) atoms. The van der Waals surface area contributed by atoms with E-state index < -0.39 is 0 Å². The number of piperidine rings is 1. The largest absolute Gasteiger partial charge is 0.353 e. The summed E-state index contributed by atoms with van der Waals surface area (Å²) in [6.45, 7) is 3.40. The van der Waals surface area contributed by atoms with E-state index in [0.29, 0.717) is 0 Å². The van der Waals surface area contributed by atoms with Crippen LogP contribution in [0.25, 0.3) is 0 Å². The van der Waals surface area contributed by atoms with E-state index in [-0.39, 0.29) is 0 Å². The van der Waals surface area contributed by atoms with E-state index in [1.807, 2.05) is 6.20 Å². The number of pyridine rings is 1. The third-order valence-corrected chi connectivity index (χ3v) is 5.17. The molecule has 3 heteroatoms. The summed E-state index contributed by atoms with van der Waals surface area (Å²) >= 11 is 3.50. The second-order valence-corrected chi connectivity index (χ2v) is 6.27. The van der Waals surface area contributed by atoms with E-state index in [2.05, 4.69) is 33.8 Å². The van der Waals surface area contributed by atoms with E-state index in [0.717, 1.165) is 17.3 Å². The number of hydrogen-bond donors (Lipinski definition) is 0. The number of aryl methyl sites for hydroxylation is 1. The van der Waals surface area contributed by atoms with Crippen LogP contribution in [-0.2, 0) is 5.33 Å². The van der Waals surface area contributed by atoms with Crippen molar-refractivity contribution in [3.8, 4) is 0 Å². The highest BCUT2D eigenvalue weighted by atomic mass is 79.9. The van der Waals surface area contributed by atoms with Crippen molar-refractivity contribution in [3.63, 3.8) is 0 Å². The summed E-state index contributed by atoms with van der Waals surface area (Å²) in [7, 11) is 0. The van der Waals surface area contributed by atoms with Crippen LogP contribution in [0, 0.1) is 12.8 Å². The van der Waals surface area contributed by atoms with Crippen LogP contribution in [0.5, 0.6) is 0 Å². The minimum atomic E-state index is 0.764. The number of nitrogens with zero attached hydrogens (tertiary/aromatic N) is 2. The molecule has 2 atom stereocenters. The average molecular weight is 309 g/mol. The van der Waals surface area contributed by atoms with Crippen LogP contribution in [0.3, 0.4) is 0 Å². The summed E-state index contributed by atoms with van der Waals surface area (Å²) < 4.78 is 0. The fraction of sp³-hybridized carbons (Fsp3) is 0.667. The van der Waals surface area contributed by atoms with Crippen molar-refractivity contribution < 1.29 is 0 Å². The van der Waals surface area contributed by atoms with Crippen LogP contribution in [0.4, 0.5) is 5.82 Å². The molecule has 1 aromatic heterocycles. The molecule has 0 bridgehead atoms. The van der Waals surface area contributed by atoms with Crippen LogP contribution in [0.15, 0.2) is 12.3 Å². The second kappa shape index (κ2) is 5.20. The summed E-state index contributed by atoms with van der Waals surface area (Å²) in [6.07, 6.45) is 8.99. The van der Waals surface area contributed by atoms with Gasteiger partial charge in [0.1, 0.15) is 5.82 Å². The van der Waals surface area contributed by atoms with Crippen molar-refractivity contribution in [1.29, 1.82) is 0 Å². The van der Waals surface area contributed by atoms with Crippen LogP contribution in [0.1, 0.15) is 43.2 Å². The lowest BCUT2D eigenvalue weighted by Gasteiger charge is -2.39. The third-order valence-electron chi connectivity index (χ3n) is 4.53. The first-order valence-electron chi connectivity index (χ1n) is 7.07. The van der Waals surface area contributed by atoms with Gasteiger partial charge in [-0.25, -0.2) is 4.98 Å². The van der Waals surface area contributed by atoms with Gasteiger partial charge in [-0.1, -0.05) is 28.4 Å². The van der Waals surface area contributed by atoms with E-state index in [1.54, 1.807) is 0 Å². The zero-order chi connectivity index (χ0) is 12.5. The number of fused-ring (bicyclic) bond motifs is 1. The standard InChI is InChI=1S/C15H21BrN2/c1-11-8-12(9-16)10-17-15(11)18-7-3-5-13-4-2-6-14(13)18/h8,10,13-14H,2-7,9H2,1H3. The Morgan fingerprint density at radius 2 is 2.17 bits per heavy atom. The lowest BCUT2D eigenvalue weighted by molar-refractivity contribution is 0.360. The Labute approximate surface area is 118 Å². The number of anilines is 1. The van der Waals surface area contributed by atoms with Crippen LogP contribution in [-0.4, -0.2) is 17.6 Å². The molecule has 1 aromatic rings. The molecule has 0 N–H and O–H groups in total. The van der Waals surface area contributed by atoms with Crippen LogP contribution < -0.4 is 4.90 Å². The van der Waals surface area contributed by atoms with Gasteiger partial charge in [-0.15, -0.1) is 0 Å². The summed E-state index contributed by atoms with van der Waals surface area (Å²) in [4.78, 5) is 7.32. The number of hydrogen-bond acceptors (Lipinski definition) is 2. The van der Waals surface area contributed by atoms with Crippen molar-refractivity contribution in [3.05, 3.63) is 23.4 Å². The van der Waals surface area contributed by atoms with Crippen molar-refractivity contribution in [2.45, 2.75) is 50.4 Å². The van der Waals surface area contributed by atoms with Gasteiger partial charge >= 0.3 is 0 Å². The predicted octanol–water partition coefficient (Wildman–Crippen LogP) is 4.05. The van der Waals surface area contributed by atoms with Gasteiger partial charge in [-0.2, -0.15) is 0 Å². The van der Waals surface area contributed by atoms with Crippen LogP contribution in [0.2, 0.25) is 0 Å². The lowest BCUT2D eigenvalue weighted by atomic mass is 9.91. The van der Waals surface area contributed by atoms with Crippen molar-refractivity contribution in [1.82, 2.24) is 4.98 Å². The Balaban J connectivity index is 1.89. The molecule has 0 radical (unpaired) electrons. The Morgan fingerprint density at radius 3 is 2.94 bits per heavy atom. The molecule has 1 saturated carbocycles. The number of rotatable bonds is 2. The molecule has 2 fully saturated rings. The monoisotopic (exact) mass is 308 g/mol. The zero-order valence-electron chi connectivity index (χ0n) is 11.0. The maximum Gasteiger partial charge on any atom is 0.131 e. The van der Waals surface area contributed by atoms with E-state index in [1.165, 1.54) is 55.6 Å². The quantitative estimate of drug-likeness (QED) is 0.766. The van der Waals surface area contributed by atoms with Gasteiger partial charge in [0.15, 0.2) is 0 Å². The molecule has 2 aliphatic rings. The molecule has 2 nitrogen and oxygen atoms in total. The van der Waals surface area contributed by atoms with Gasteiger partial charge in [0.05, 0.1) is 0 Å². The van der Waals surface area contributed by atoms with Crippen molar-refractivity contribution in [2.24, 2.45) is 5.92 Å². The predicted molar refractivity (Wildman–Crippen MR) is 79.3 cm³/mol. The first-order valence-corrected chi connectivity index (χ1v) is 8.20. The van der Waals surface area contributed by atoms with E-state index in [9.17, 15) is 0 Å². The molecule has 1 aliphatic heterocycles. The summed E-state index contributed by atoms with van der Waals surface area (Å²) in [6, 6.07) is 3.04. The zero-order valence-corrected chi connectivity index (χ0v) is 12.6. The molecular formula is C15H21BrN2. The lowest BCUT2D eigenvalue weighted by Crippen LogP contribution is -2.43. The Morgan fingerprint density at radius 1 is 1.33 bits per heavy atom. The summed E-state index contributed by atoms with van der Waals surface area (Å²) in [5.41, 5.74) is 2.61. The molecule has 0 spiro atoms. The molecule has 3 rings (SSSR count). The molecule has 0 aromatic carbocycles. The molecule has 98 valence electrons. The first kappa shape index (κ1) is 12.5. The minimum Gasteiger partial charge on any atom is -0.353 e. The van der Waals surface area contributed by atoms with Gasteiger partial charge in [-0.3, -0.25) is 0 Å². The maximum absolute atomic E-state index is 4.73. The van der Waals surface area contributed by atoms with Crippen molar-refractivity contribution in [2.75, 3.05) is 11.4 Å². The third kappa shape index (κ3) is 2.18. The number of halogens is 1. The Bertz CT molecular complexity index is 433. The molecule has 2 unspecified atom stereocenters. The van der Waals surface area contributed by atoms with E-state index >= 15 is 0 Å². The first-order chi connectivity index (χ1) is 8.79. The highest BCUT2D eigenvalue weighted by molar-refractivity contribution is 9.08. The Hall–Kier alpha value is -0.570. The van der Waals surface area contributed by atoms with Gasteiger partial charge < -0.3 is 4.90 Å².